The lowest BCUT2D eigenvalue weighted by molar-refractivity contribution is -0.126. The highest BCUT2D eigenvalue weighted by Crippen LogP contribution is 2.15. The summed E-state index contributed by atoms with van der Waals surface area (Å²) < 4.78 is 11.5. The molecule has 1 aliphatic rings. The van der Waals surface area contributed by atoms with E-state index in [0.717, 1.165) is 18.4 Å². The summed E-state index contributed by atoms with van der Waals surface area (Å²) in [4.78, 5) is 12.0. The van der Waals surface area contributed by atoms with Crippen molar-refractivity contribution < 1.29 is 14.3 Å². The molecule has 4 heteroatoms. The highest BCUT2D eigenvalue weighted by atomic mass is 16.5. The molecule has 0 radical (unpaired) electrons. The number of ether oxygens (including phenoxy) is 2. The van der Waals surface area contributed by atoms with E-state index in [1.54, 1.807) is 0 Å². The van der Waals surface area contributed by atoms with Crippen molar-refractivity contribution in [2.75, 3.05) is 13.2 Å². The lowest BCUT2D eigenvalue weighted by Gasteiger charge is -2.32. The Bertz CT molecular complexity index is 447. The fourth-order valence-corrected chi connectivity index (χ4v) is 2.52. The van der Waals surface area contributed by atoms with Gasteiger partial charge in [-0.15, -0.1) is 0 Å². The second-order valence-corrected chi connectivity index (χ2v) is 6.31. The van der Waals surface area contributed by atoms with Gasteiger partial charge in [-0.2, -0.15) is 0 Å². The minimum absolute atomic E-state index is 0.0529. The summed E-state index contributed by atoms with van der Waals surface area (Å²) in [6.07, 6.45) is 2.25. The average molecular weight is 305 g/mol. The quantitative estimate of drug-likeness (QED) is 0.842. The second kappa shape index (κ2) is 8.91. The lowest BCUT2D eigenvalue weighted by Crippen LogP contribution is -2.49. The number of carbonyl (C=O) groups is 1. The van der Waals surface area contributed by atoms with E-state index in [2.05, 4.69) is 19.2 Å². The van der Waals surface area contributed by atoms with Crippen LogP contribution in [-0.2, 0) is 20.9 Å². The summed E-state index contributed by atoms with van der Waals surface area (Å²) in [5.41, 5.74) is 1.14. The number of benzene rings is 1. The number of amides is 1. The molecule has 1 aliphatic heterocycles. The van der Waals surface area contributed by atoms with Crippen molar-refractivity contribution in [2.24, 2.45) is 5.92 Å². The van der Waals surface area contributed by atoms with Gasteiger partial charge in [0, 0.05) is 13.0 Å². The SMILES string of the molecule is CC(C)CCC(=O)N[C@@H]1CCOC[C@H]1OCc1ccccc1. The van der Waals surface area contributed by atoms with E-state index >= 15 is 0 Å². The van der Waals surface area contributed by atoms with Crippen LogP contribution in [-0.4, -0.2) is 31.3 Å². The Morgan fingerprint density at radius 1 is 1.36 bits per heavy atom. The maximum absolute atomic E-state index is 12.0. The van der Waals surface area contributed by atoms with E-state index in [4.69, 9.17) is 9.47 Å². The molecular formula is C18H27NO3. The van der Waals surface area contributed by atoms with Crippen molar-refractivity contribution in [3.63, 3.8) is 0 Å². The van der Waals surface area contributed by atoms with Gasteiger partial charge in [-0.25, -0.2) is 0 Å². The molecule has 0 bridgehead atoms. The normalized spacial score (nSPS) is 21.8. The van der Waals surface area contributed by atoms with Gasteiger partial charge in [-0.05, 0) is 24.3 Å². The fourth-order valence-electron chi connectivity index (χ4n) is 2.52. The number of nitrogens with one attached hydrogen (secondary N) is 1. The molecule has 1 heterocycles. The first-order valence-corrected chi connectivity index (χ1v) is 8.18. The first-order chi connectivity index (χ1) is 10.6. The van der Waals surface area contributed by atoms with Crippen molar-refractivity contribution in [3.05, 3.63) is 35.9 Å². The summed E-state index contributed by atoms with van der Waals surface area (Å²) >= 11 is 0. The van der Waals surface area contributed by atoms with Crippen LogP contribution in [0, 0.1) is 5.92 Å². The Morgan fingerprint density at radius 2 is 2.14 bits per heavy atom. The average Bonchev–Trinajstić information content (AvgIpc) is 2.53. The van der Waals surface area contributed by atoms with E-state index in [1.807, 2.05) is 30.3 Å². The minimum Gasteiger partial charge on any atom is -0.379 e. The second-order valence-electron chi connectivity index (χ2n) is 6.31. The number of rotatable bonds is 7. The maximum atomic E-state index is 12.0. The van der Waals surface area contributed by atoms with Crippen LogP contribution in [0.15, 0.2) is 30.3 Å². The van der Waals surface area contributed by atoms with Gasteiger partial charge in [0.15, 0.2) is 0 Å². The van der Waals surface area contributed by atoms with E-state index in [-0.39, 0.29) is 18.1 Å². The Balaban J connectivity index is 1.81. The molecule has 1 amide bonds. The fraction of sp³-hybridized carbons (Fsp3) is 0.611. The molecular weight excluding hydrogens is 278 g/mol. The predicted molar refractivity (Wildman–Crippen MR) is 86.5 cm³/mol. The topological polar surface area (TPSA) is 47.6 Å². The van der Waals surface area contributed by atoms with Gasteiger partial charge in [-0.1, -0.05) is 44.2 Å². The molecule has 4 nitrogen and oxygen atoms in total. The third-order valence-corrected chi connectivity index (χ3v) is 3.91. The first kappa shape index (κ1) is 17.0. The summed E-state index contributed by atoms with van der Waals surface area (Å²) in [5.74, 6) is 0.666. The van der Waals surface area contributed by atoms with E-state index < -0.39 is 0 Å². The maximum Gasteiger partial charge on any atom is 0.220 e. The van der Waals surface area contributed by atoms with Crippen molar-refractivity contribution >= 4 is 5.91 Å². The van der Waals surface area contributed by atoms with E-state index in [1.165, 1.54) is 0 Å². The van der Waals surface area contributed by atoms with Crippen molar-refractivity contribution in [1.82, 2.24) is 5.32 Å². The minimum atomic E-state index is -0.0723. The van der Waals surface area contributed by atoms with Crippen LogP contribution in [0.4, 0.5) is 0 Å². The predicted octanol–water partition coefficient (Wildman–Crippen LogP) is 2.91. The molecule has 2 atom stereocenters. The van der Waals surface area contributed by atoms with Crippen molar-refractivity contribution in [2.45, 2.75) is 51.9 Å². The van der Waals surface area contributed by atoms with Crippen LogP contribution < -0.4 is 5.32 Å². The van der Waals surface area contributed by atoms with Crippen LogP contribution in [0.1, 0.15) is 38.7 Å². The van der Waals surface area contributed by atoms with Gasteiger partial charge in [0.2, 0.25) is 5.91 Å². The first-order valence-electron chi connectivity index (χ1n) is 8.18. The number of hydrogen-bond donors (Lipinski definition) is 1. The summed E-state index contributed by atoms with van der Waals surface area (Å²) in [6.45, 7) is 6.04. The highest BCUT2D eigenvalue weighted by molar-refractivity contribution is 5.76. The third-order valence-electron chi connectivity index (χ3n) is 3.91. The Hall–Kier alpha value is -1.39. The van der Waals surface area contributed by atoms with Crippen LogP contribution in [0.5, 0.6) is 0 Å². The molecule has 1 aromatic carbocycles. The summed E-state index contributed by atoms with van der Waals surface area (Å²) in [5, 5.41) is 3.12. The lowest BCUT2D eigenvalue weighted by atomic mass is 10.0. The van der Waals surface area contributed by atoms with Crippen LogP contribution in [0.3, 0.4) is 0 Å². The van der Waals surface area contributed by atoms with E-state index in [0.29, 0.717) is 32.2 Å². The smallest absolute Gasteiger partial charge is 0.220 e. The third kappa shape index (κ3) is 5.78. The van der Waals surface area contributed by atoms with E-state index in [9.17, 15) is 4.79 Å². The Labute approximate surface area is 133 Å². The van der Waals surface area contributed by atoms with Gasteiger partial charge in [0.1, 0.15) is 6.10 Å². The van der Waals surface area contributed by atoms with Gasteiger partial charge >= 0.3 is 0 Å². The zero-order valence-corrected chi connectivity index (χ0v) is 13.6. The molecule has 1 saturated heterocycles. The van der Waals surface area contributed by atoms with Gasteiger partial charge in [0.25, 0.3) is 0 Å². The molecule has 2 rings (SSSR count). The highest BCUT2D eigenvalue weighted by Gasteiger charge is 2.27. The molecule has 0 aliphatic carbocycles. The van der Waals surface area contributed by atoms with Gasteiger partial charge < -0.3 is 14.8 Å². The molecule has 0 spiro atoms. The van der Waals surface area contributed by atoms with Gasteiger partial charge in [-0.3, -0.25) is 4.79 Å². The molecule has 1 fully saturated rings. The largest absolute Gasteiger partial charge is 0.379 e. The van der Waals surface area contributed by atoms with Crippen LogP contribution in [0.2, 0.25) is 0 Å². The van der Waals surface area contributed by atoms with Crippen molar-refractivity contribution in [1.29, 1.82) is 0 Å². The Morgan fingerprint density at radius 3 is 2.86 bits per heavy atom. The molecule has 0 aromatic heterocycles. The molecule has 0 unspecified atom stereocenters. The Kier molecular flexibility index (Phi) is 6.87. The standard InChI is InChI=1S/C18H27NO3/c1-14(2)8-9-18(20)19-16-10-11-21-13-17(16)22-12-15-6-4-3-5-7-15/h3-7,14,16-17H,8-13H2,1-2H3,(H,19,20)/t16-,17-/m1/s1. The molecule has 1 N–H and O–H groups in total. The summed E-state index contributed by atoms with van der Waals surface area (Å²) in [7, 11) is 0. The van der Waals surface area contributed by atoms with Crippen LogP contribution >= 0.6 is 0 Å². The number of carbonyl (C=O) groups excluding carboxylic acids is 1. The van der Waals surface area contributed by atoms with Gasteiger partial charge in [0.05, 0.1) is 19.3 Å². The summed E-state index contributed by atoms with van der Waals surface area (Å²) in [6, 6.07) is 10.1. The van der Waals surface area contributed by atoms with Crippen molar-refractivity contribution in [3.8, 4) is 0 Å². The zero-order valence-electron chi connectivity index (χ0n) is 13.6. The van der Waals surface area contributed by atoms with Crippen LogP contribution in [0.25, 0.3) is 0 Å². The molecule has 122 valence electrons. The molecule has 1 aromatic rings. The monoisotopic (exact) mass is 305 g/mol. The zero-order chi connectivity index (χ0) is 15.8. The number of hydrogen-bond acceptors (Lipinski definition) is 3. The molecule has 22 heavy (non-hydrogen) atoms. The molecule has 0 saturated carbocycles.